The van der Waals surface area contributed by atoms with Gasteiger partial charge >= 0.3 is 5.97 Å². The van der Waals surface area contributed by atoms with Crippen LogP contribution in [0.1, 0.15) is 40.9 Å². The minimum absolute atomic E-state index is 0.0796. The Kier molecular flexibility index (Phi) is 6.28. The van der Waals surface area contributed by atoms with Gasteiger partial charge in [0.25, 0.3) is 11.6 Å². The van der Waals surface area contributed by atoms with Gasteiger partial charge in [0, 0.05) is 17.3 Å². The zero-order chi connectivity index (χ0) is 20.1. The first kappa shape index (κ1) is 20.1. The van der Waals surface area contributed by atoms with E-state index < -0.39 is 22.9 Å². The summed E-state index contributed by atoms with van der Waals surface area (Å²) < 4.78 is 5.22. The number of hydrogen-bond donors (Lipinski definition) is 1. The van der Waals surface area contributed by atoms with Crippen LogP contribution in [0.4, 0.5) is 11.4 Å². The average molecular weight is 370 g/mol. The molecule has 7 nitrogen and oxygen atoms in total. The topological polar surface area (TPSA) is 98.5 Å². The van der Waals surface area contributed by atoms with Gasteiger partial charge in [0.1, 0.15) is 0 Å². The lowest BCUT2D eigenvalue weighted by atomic mass is 10.1. The van der Waals surface area contributed by atoms with Gasteiger partial charge in [-0.25, -0.2) is 4.79 Å². The van der Waals surface area contributed by atoms with Crippen LogP contribution in [0.2, 0.25) is 0 Å². The molecule has 1 N–H and O–H groups in total. The van der Waals surface area contributed by atoms with E-state index in [1.807, 2.05) is 32.0 Å². The first-order valence-corrected chi connectivity index (χ1v) is 8.60. The maximum atomic E-state index is 12.4. The molecule has 0 heterocycles. The number of nitro groups is 1. The number of amides is 1. The van der Waals surface area contributed by atoms with Crippen LogP contribution in [0, 0.1) is 24.0 Å². The molecule has 0 aliphatic heterocycles. The quantitative estimate of drug-likeness (QED) is 0.471. The zero-order valence-electron chi connectivity index (χ0n) is 15.7. The summed E-state index contributed by atoms with van der Waals surface area (Å²) in [4.78, 5) is 35.0. The second-order valence-electron chi connectivity index (χ2n) is 6.26. The molecule has 0 fully saturated rings. The van der Waals surface area contributed by atoms with Gasteiger partial charge in [0.05, 0.1) is 10.5 Å². The third-order valence-corrected chi connectivity index (χ3v) is 4.27. The molecule has 0 radical (unpaired) electrons. The predicted molar refractivity (Wildman–Crippen MR) is 102 cm³/mol. The van der Waals surface area contributed by atoms with Crippen molar-refractivity contribution >= 4 is 23.3 Å². The molecule has 142 valence electrons. The molecule has 2 aromatic carbocycles. The smallest absolute Gasteiger partial charge is 0.338 e. The number of carbonyl (C=O) groups is 2. The van der Waals surface area contributed by atoms with Gasteiger partial charge < -0.3 is 10.1 Å². The Morgan fingerprint density at radius 3 is 2.48 bits per heavy atom. The highest BCUT2D eigenvalue weighted by Gasteiger charge is 2.21. The molecule has 0 aliphatic rings. The molecule has 1 atom stereocenters. The molecule has 1 unspecified atom stereocenters. The van der Waals surface area contributed by atoms with Crippen LogP contribution >= 0.6 is 0 Å². The van der Waals surface area contributed by atoms with Gasteiger partial charge in [-0.05, 0) is 50.5 Å². The number of esters is 1. The van der Waals surface area contributed by atoms with Gasteiger partial charge in [0.15, 0.2) is 6.10 Å². The lowest BCUT2D eigenvalue weighted by molar-refractivity contribution is -0.385. The van der Waals surface area contributed by atoms with Crippen LogP contribution in [0.3, 0.4) is 0 Å². The van der Waals surface area contributed by atoms with Gasteiger partial charge in [-0.15, -0.1) is 0 Å². The second kappa shape index (κ2) is 8.44. The second-order valence-corrected chi connectivity index (χ2v) is 6.26. The fourth-order valence-corrected chi connectivity index (χ4v) is 2.70. The molecule has 0 aliphatic carbocycles. The normalized spacial score (nSPS) is 11.6. The van der Waals surface area contributed by atoms with Gasteiger partial charge in [0.2, 0.25) is 0 Å². The van der Waals surface area contributed by atoms with Crippen molar-refractivity contribution in [2.75, 3.05) is 5.32 Å². The van der Waals surface area contributed by atoms with E-state index >= 15 is 0 Å². The average Bonchev–Trinajstić information content (AvgIpc) is 2.62. The standard InChI is InChI=1S/C20H22N2O5/c1-5-15-8-6-7-12(2)18(15)21-19(23)14(4)27-20(24)16-9-10-17(22(25)26)13(3)11-16/h6-11,14H,5H2,1-4H3,(H,21,23). The largest absolute Gasteiger partial charge is 0.449 e. The van der Waals surface area contributed by atoms with Crippen molar-refractivity contribution in [3.05, 3.63) is 68.8 Å². The zero-order valence-corrected chi connectivity index (χ0v) is 15.7. The van der Waals surface area contributed by atoms with E-state index in [4.69, 9.17) is 4.74 Å². The van der Waals surface area contributed by atoms with Crippen LogP contribution in [-0.4, -0.2) is 22.9 Å². The number of carbonyl (C=O) groups excluding carboxylic acids is 2. The Labute approximate surface area is 157 Å². The summed E-state index contributed by atoms with van der Waals surface area (Å²) in [5.74, 6) is -1.15. The van der Waals surface area contributed by atoms with E-state index in [1.54, 1.807) is 0 Å². The monoisotopic (exact) mass is 370 g/mol. The first-order chi connectivity index (χ1) is 12.7. The van der Waals surface area contributed by atoms with Gasteiger partial charge in [-0.2, -0.15) is 0 Å². The molecule has 0 saturated heterocycles. The van der Waals surface area contributed by atoms with E-state index in [0.29, 0.717) is 5.56 Å². The Bertz CT molecular complexity index is 892. The lowest BCUT2D eigenvalue weighted by Gasteiger charge is -2.17. The summed E-state index contributed by atoms with van der Waals surface area (Å²) in [6.45, 7) is 6.90. The van der Waals surface area contributed by atoms with Gasteiger partial charge in [-0.3, -0.25) is 14.9 Å². The molecule has 0 aromatic heterocycles. The van der Waals surface area contributed by atoms with Crippen LogP contribution in [0.5, 0.6) is 0 Å². The molecule has 2 aromatic rings. The molecule has 7 heteroatoms. The summed E-state index contributed by atoms with van der Waals surface area (Å²) >= 11 is 0. The predicted octanol–water partition coefficient (Wildman–Crippen LogP) is 3.96. The third-order valence-electron chi connectivity index (χ3n) is 4.27. The van der Waals surface area contributed by atoms with Crippen molar-refractivity contribution in [2.24, 2.45) is 0 Å². The van der Waals surface area contributed by atoms with E-state index in [9.17, 15) is 19.7 Å². The highest BCUT2D eigenvalue weighted by atomic mass is 16.6. The van der Waals surface area contributed by atoms with E-state index in [2.05, 4.69) is 5.32 Å². The van der Waals surface area contributed by atoms with Crippen LogP contribution in [-0.2, 0) is 16.0 Å². The summed E-state index contributed by atoms with van der Waals surface area (Å²) in [6, 6.07) is 9.68. The fraction of sp³-hybridized carbons (Fsp3) is 0.300. The molecule has 27 heavy (non-hydrogen) atoms. The van der Waals surface area contributed by atoms with Crippen molar-refractivity contribution in [2.45, 2.75) is 40.2 Å². The van der Waals surface area contributed by atoms with Crippen LogP contribution < -0.4 is 5.32 Å². The summed E-state index contributed by atoms with van der Waals surface area (Å²) in [5.41, 5.74) is 3.06. The number of para-hydroxylation sites is 1. The van der Waals surface area contributed by atoms with Crippen molar-refractivity contribution in [3.63, 3.8) is 0 Å². The van der Waals surface area contributed by atoms with E-state index in [0.717, 1.165) is 23.2 Å². The highest BCUT2D eigenvalue weighted by Crippen LogP contribution is 2.22. The Balaban J connectivity index is 2.09. The minimum Gasteiger partial charge on any atom is -0.449 e. The number of aryl methyl sites for hydroxylation is 3. The molecular weight excluding hydrogens is 348 g/mol. The number of hydrogen-bond acceptors (Lipinski definition) is 5. The highest BCUT2D eigenvalue weighted by molar-refractivity contribution is 5.98. The molecule has 2 rings (SSSR count). The molecule has 1 amide bonds. The van der Waals surface area contributed by atoms with E-state index in [-0.39, 0.29) is 11.3 Å². The number of nitrogens with zero attached hydrogens (tertiary/aromatic N) is 1. The van der Waals surface area contributed by atoms with Crippen molar-refractivity contribution < 1.29 is 19.2 Å². The minimum atomic E-state index is -1.02. The SMILES string of the molecule is CCc1cccc(C)c1NC(=O)C(C)OC(=O)c1ccc([N+](=O)[O-])c(C)c1. The number of nitro benzene ring substituents is 1. The molecular formula is C20H22N2O5. The maximum absolute atomic E-state index is 12.4. The first-order valence-electron chi connectivity index (χ1n) is 8.60. The molecule has 0 bridgehead atoms. The van der Waals surface area contributed by atoms with Crippen LogP contribution in [0.15, 0.2) is 36.4 Å². The summed E-state index contributed by atoms with van der Waals surface area (Å²) in [6.07, 6.45) is -0.259. The molecule has 0 saturated carbocycles. The van der Waals surface area contributed by atoms with Crippen molar-refractivity contribution in [3.8, 4) is 0 Å². The Morgan fingerprint density at radius 1 is 1.19 bits per heavy atom. The Morgan fingerprint density at radius 2 is 1.89 bits per heavy atom. The lowest BCUT2D eigenvalue weighted by Crippen LogP contribution is -2.30. The number of ether oxygens (including phenoxy) is 1. The van der Waals surface area contributed by atoms with Gasteiger partial charge in [-0.1, -0.05) is 25.1 Å². The number of rotatable bonds is 6. The third kappa shape index (κ3) is 4.69. The van der Waals surface area contributed by atoms with Crippen molar-refractivity contribution in [1.82, 2.24) is 0 Å². The number of nitrogens with one attached hydrogen (secondary N) is 1. The molecule has 0 spiro atoms. The van der Waals surface area contributed by atoms with E-state index in [1.165, 1.54) is 32.0 Å². The summed E-state index contributed by atoms with van der Waals surface area (Å²) in [7, 11) is 0. The summed E-state index contributed by atoms with van der Waals surface area (Å²) in [5, 5.41) is 13.7. The van der Waals surface area contributed by atoms with Crippen molar-refractivity contribution in [1.29, 1.82) is 0 Å². The fourth-order valence-electron chi connectivity index (χ4n) is 2.70. The maximum Gasteiger partial charge on any atom is 0.338 e. The van der Waals surface area contributed by atoms with Crippen LogP contribution in [0.25, 0.3) is 0 Å². The Hall–Kier alpha value is -3.22. The number of anilines is 1. The number of benzene rings is 2.